The summed E-state index contributed by atoms with van der Waals surface area (Å²) < 4.78 is 0. The number of rotatable bonds is 4. The summed E-state index contributed by atoms with van der Waals surface area (Å²) in [5, 5.41) is 20.1. The Balaban J connectivity index is 3.04. The molecule has 4 nitrogen and oxygen atoms in total. The summed E-state index contributed by atoms with van der Waals surface area (Å²) in [6.45, 7) is 1.12. The van der Waals surface area contributed by atoms with E-state index in [1.807, 2.05) is 0 Å². The molecular weight excluding hydrogens is 204 g/mol. The smallest absolute Gasteiger partial charge is 0.336 e. The van der Waals surface area contributed by atoms with Crippen LogP contribution in [0.1, 0.15) is 17.7 Å². The Kier molecular flexibility index (Phi) is 3.03. The summed E-state index contributed by atoms with van der Waals surface area (Å²) in [4.78, 5) is 22.0. The number of hydrogen-bond acceptors (Lipinski definition) is 4. The Bertz CT molecular complexity index is 329. The Morgan fingerprint density at radius 2 is 2.36 bits per heavy atom. The SMILES string of the molecule is CC(O)(C(=O)O)C(C=O)c1cccs1. The number of carbonyl (C=O) groups is 2. The van der Waals surface area contributed by atoms with Crippen molar-refractivity contribution in [3.05, 3.63) is 22.4 Å². The van der Waals surface area contributed by atoms with Crippen molar-refractivity contribution >= 4 is 23.6 Å². The first-order chi connectivity index (χ1) is 6.50. The molecule has 0 aliphatic rings. The highest BCUT2D eigenvalue weighted by atomic mass is 32.1. The van der Waals surface area contributed by atoms with Crippen molar-refractivity contribution in [1.29, 1.82) is 0 Å². The molecule has 76 valence electrons. The topological polar surface area (TPSA) is 74.6 Å². The number of thiophene rings is 1. The molecule has 0 aliphatic carbocycles. The molecule has 0 aromatic carbocycles. The molecule has 0 amide bonds. The van der Waals surface area contributed by atoms with E-state index in [-0.39, 0.29) is 0 Å². The lowest BCUT2D eigenvalue weighted by Gasteiger charge is -2.23. The zero-order valence-electron chi connectivity index (χ0n) is 7.51. The fraction of sp³-hybridized carbons (Fsp3) is 0.333. The van der Waals surface area contributed by atoms with Crippen LogP contribution in [-0.4, -0.2) is 28.1 Å². The molecule has 2 N–H and O–H groups in total. The highest BCUT2D eigenvalue weighted by Crippen LogP contribution is 2.29. The van der Waals surface area contributed by atoms with E-state index in [9.17, 15) is 14.7 Å². The van der Waals surface area contributed by atoms with Gasteiger partial charge in [0.05, 0.1) is 5.92 Å². The molecule has 0 spiro atoms. The van der Waals surface area contributed by atoms with Crippen molar-refractivity contribution < 1.29 is 19.8 Å². The van der Waals surface area contributed by atoms with E-state index in [1.54, 1.807) is 17.5 Å². The summed E-state index contributed by atoms with van der Waals surface area (Å²) in [6, 6.07) is 3.33. The Morgan fingerprint density at radius 3 is 2.71 bits per heavy atom. The van der Waals surface area contributed by atoms with Crippen LogP contribution in [0.15, 0.2) is 17.5 Å². The van der Waals surface area contributed by atoms with Gasteiger partial charge in [-0.1, -0.05) is 6.07 Å². The Labute approximate surface area is 84.8 Å². The molecule has 0 bridgehead atoms. The van der Waals surface area contributed by atoms with Crippen molar-refractivity contribution in [2.24, 2.45) is 0 Å². The van der Waals surface area contributed by atoms with Gasteiger partial charge in [0.15, 0.2) is 5.60 Å². The molecule has 1 heterocycles. The average molecular weight is 214 g/mol. The average Bonchev–Trinajstić information content (AvgIpc) is 2.57. The first kappa shape index (κ1) is 10.9. The number of aliphatic hydroxyl groups is 1. The van der Waals surface area contributed by atoms with Crippen LogP contribution < -0.4 is 0 Å². The van der Waals surface area contributed by atoms with E-state index >= 15 is 0 Å². The number of carbonyl (C=O) groups excluding carboxylic acids is 1. The molecule has 0 saturated heterocycles. The number of aliphatic carboxylic acids is 1. The van der Waals surface area contributed by atoms with Gasteiger partial charge in [-0.15, -0.1) is 11.3 Å². The molecule has 1 aromatic rings. The highest BCUT2D eigenvalue weighted by molar-refractivity contribution is 7.10. The van der Waals surface area contributed by atoms with E-state index in [2.05, 4.69) is 0 Å². The van der Waals surface area contributed by atoms with Crippen LogP contribution >= 0.6 is 11.3 Å². The number of carboxylic acid groups (broad SMARTS) is 1. The predicted octanol–water partition coefficient (Wildman–Crippen LogP) is 0.866. The maximum Gasteiger partial charge on any atom is 0.336 e. The third-order valence-corrected chi connectivity index (χ3v) is 2.98. The second kappa shape index (κ2) is 3.89. The molecule has 1 aromatic heterocycles. The van der Waals surface area contributed by atoms with Gasteiger partial charge in [0, 0.05) is 4.88 Å². The molecule has 0 fully saturated rings. The van der Waals surface area contributed by atoms with Crippen LogP contribution in [0, 0.1) is 0 Å². The summed E-state index contributed by atoms with van der Waals surface area (Å²) in [6.07, 6.45) is 0.458. The number of aldehydes is 1. The van der Waals surface area contributed by atoms with Gasteiger partial charge in [-0.25, -0.2) is 4.79 Å². The van der Waals surface area contributed by atoms with E-state index in [4.69, 9.17) is 5.11 Å². The van der Waals surface area contributed by atoms with Crippen LogP contribution in [0.5, 0.6) is 0 Å². The molecule has 2 atom stereocenters. The minimum absolute atomic E-state index is 0.458. The number of carboxylic acids is 1. The number of hydrogen-bond donors (Lipinski definition) is 2. The van der Waals surface area contributed by atoms with Crippen molar-refractivity contribution in [2.45, 2.75) is 18.4 Å². The fourth-order valence-corrected chi connectivity index (χ4v) is 1.98. The second-order valence-corrected chi connectivity index (χ2v) is 4.06. The van der Waals surface area contributed by atoms with E-state index in [0.29, 0.717) is 11.2 Å². The van der Waals surface area contributed by atoms with Gasteiger partial charge in [0.2, 0.25) is 0 Å². The quantitative estimate of drug-likeness (QED) is 0.729. The first-order valence-electron chi connectivity index (χ1n) is 3.94. The van der Waals surface area contributed by atoms with Crippen molar-refractivity contribution in [1.82, 2.24) is 0 Å². The van der Waals surface area contributed by atoms with Gasteiger partial charge >= 0.3 is 5.97 Å². The van der Waals surface area contributed by atoms with Crippen molar-refractivity contribution in [2.75, 3.05) is 0 Å². The largest absolute Gasteiger partial charge is 0.479 e. The van der Waals surface area contributed by atoms with E-state index < -0.39 is 17.5 Å². The zero-order chi connectivity index (χ0) is 10.8. The summed E-state index contributed by atoms with van der Waals surface area (Å²) in [5.41, 5.74) is -2.05. The van der Waals surface area contributed by atoms with E-state index in [1.165, 1.54) is 11.3 Å². The van der Waals surface area contributed by atoms with Crippen LogP contribution in [0.2, 0.25) is 0 Å². The van der Waals surface area contributed by atoms with Gasteiger partial charge in [-0.3, -0.25) is 0 Å². The predicted molar refractivity (Wildman–Crippen MR) is 51.4 cm³/mol. The molecule has 1 rings (SSSR count). The lowest BCUT2D eigenvalue weighted by molar-refractivity contribution is -0.159. The third kappa shape index (κ3) is 1.83. The third-order valence-electron chi connectivity index (χ3n) is 2.02. The van der Waals surface area contributed by atoms with Crippen LogP contribution in [0.3, 0.4) is 0 Å². The summed E-state index contributed by atoms with van der Waals surface area (Å²) in [5.74, 6) is -2.41. The summed E-state index contributed by atoms with van der Waals surface area (Å²) >= 11 is 1.25. The molecule has 2 unspecified atom stereocenters. The molecule has 0 saturated carbocycles. The van der Waals surface area contributed by atoms with Crippen LogP contribution in [0.4, 0.5) is 0 Å². The van der Waals surface area contributed by atoms with Gasteiger partial charge in [-0.05, 0) is 18.4 Å². The lowest BCUT2D eigenvalue weighted by Crippen LogP contribution is -2.41. The minimum atomic E-state index is -2.05. The first-order valence-corrected chi connectivity index (χ1v) is 4.82. The molecule has 5 heteroatoms. The van der Waals surface area contributed by atoms with Crippen molar-refractivity contribution in [3.63, 3.8) is 0 Å². The van der Waals surface area contributed by atoms with E-state index in [0.717, 1.165) is 6.92 Å². The van der Waals surface area contributed by atoms with Crippen LogP contribution in [-0.2, 0) is 9.59 Å². The Morgan fingerprint density at radius 1 is 1.71 bits per heavy atom. The van der Waals surface area contributed by atoms with Crippen LogP contribution in [0.25, 0.3) is 0 Å². The monoisotopic (exact) mass is 214 g/mol. The summed E-state index contributed by atoms with van der Waals surface area (Å²) in [7, 11) is 0. The molecule has 0 radical (unpaired) electrons. The normalized spacial score (nSPS) is 17.0. The standard InChI is InChI=1S/C9H10O4S/c1-9(13,8(11)12)6(5-10)7-3-2-4-14-7/h2-6,13H,1H3,(H,11,12). The van der Waals surface area contributed by atoms with Gasteiger partial charge < -0.3 is 15.0 Å². The van der Waals surface area contributed by atoms with Gasteiger partial charge in [-0.2, -0.15) is 0 Å². The highest BCUT2D eigenvalue weighted by Gasteiger charge is 2.40. The maximum atomic E-state index is 10.7. The molecule has 0 aliphatic heterocycles. The lowest BCUT2D eigenvalue weighted by atomic mass is 9.89. The second-order valence-electron chi connectivity index (χ2n) is 3.08. The Hall–Kier alpha value is -1.20. The minimum Gasteiger partial charge on any atom is -0.479 e. The zero-order valence-corrected chi connectivity index (χ0v) is 8.32. The molecular formula is C9H10O4S. The fourth-order valence-electron chi connectivity index (χ4n) is 1.08. The molecule has 14 heavy (non-hydrogen) atoms. The maximum absolute atomic E-state index is 10.7. The van der Waals surface area contributed by atoms with Gasteiger partial charge in [0.25, 0.3) is 0 Å². The van der Waals surface area contributed by atoms with Crippen molar-refractivity contribution in [3.8, 4) is 0 Å². The van der Waals surface area contributed by atoms with Gasteiger partial charge in [0.1, 0.15) is 6.29 Å².